The number of benzene rings is 1. The molecule has 0 spiro atoms. The van der Waals surface area contributed by atoms with Gasteiger partial charge in [-0.25, -0.2) is 14.6 Å². The van der Waals surface area contributed by atoms with Crippen LogP contribution in [0.2, 0.25) is 10.0 Å². The third-order valence-electron chi connectivity index (χ3n) is 4.91. The molecule has 8 heteroatoms. The van der Waals surface area contributed by atoms with E-state index in [0.717, 1.165) is 55.1 Å². The Bertz CT molecular complexity index is 1010. The summed E-state index contributed by atoms with van der Waals surface area (Å²) in [7, 11) is 0. The van der Waals surface area contributed by atoms with Crippen molar-refractivity contribution in [3.63, 3.8) is 0 Å². The molecule has 0 radical (unpaired) electrons. The Balaban J connectivity index is 1.56. The number of piperazine rings is 1. The lowest BCUT2D eigenvalue weighted by atomic mass is 10.2. The summed E-state index contributed by atoms with van der Waals surface area (Å²) in [6.45, 7) is 11.4. The Hall–Kier alpha value is -2.15. The van der Waals surface area contributed by atoms with Crippen molar-refractivity contribution >= 4 is 40.1 Å². The van der Waals surface area contributed by atoms with Crippen LogP contribution in [0.25, 0.3) is 11.0 Å². The first kappa shape index (κ1) is 19.2. The first-order valence-corrected chi connectivity index (χ1v) is 9.99. The van der Waals surface area contributed by atoms with E-state index in [0.29, 0.717) is 16.6 Å². The zero-order chi connectivity index (χ0) is 19.7. The third-order valence-corrected chi connectivity index (χ3v) is 5.50. The maximum Gasteiger partial charge on any atom is 0.163 e. The van der Waals surface area contributed by atoms with E-state index >= 15 is 0 Å². The largest absolute Gasteiger partial charge is 0.353 e. The van der Waals surface area contributed by atoms with E-state index in [4.69, 9.17) is 23.2 Å². The van der Waals surface area contributed by atoms with Gasteiger partial charge < -0.3 is 4.90 Å². The fraction of sp³-hybridized carbons (Fsp3) is 0.350. The van der Waals surface area contributed by atoms with Gasteiger partial charge in [0.1, 0.15) is 12.1 Å². The van der Waals surface area contributed by atoms with Gasteiger partial charge in [0.15, 0.2) is 5.65 Å². The Labute approximate surface area is 174 Å². The Morgan fingerprint density at radius 2 is 1.93 bits per heavy atom. The van der Waals surface area contributed by atoms with Crippen LogP contribution in [0.15, 0.2) is 42.9 Å². The topological polar surface area (TPSA) is 50.1 Å². The predicted octanol–water partition coefficient (Wildman–Crippen LogP) is 3.88. The third kappa shape index (κ3) is 3.99. The highest BCUT2D eigenvalue weighted by atomic mass is 35.5. The second-order valence-electron chi connectivity index (χ2n) is 7.19. The Kier molecular flexibility index (Phi) is 5.53. The van der Waals surface area contributed by atoms with Gasteiger partial charge >= 0.3 is 0 Å². The summed E-state index contributed by atoms with van der Waals surface area (Å²) in [5, 5.41) is 6.74. The van der Waals surface area contributed by atoms with Crippen molar-refractivity contribution in [1.82, 2.24) is 24.6 Å². The van der Waals surface area contributed by atoms with E-state index in [2.05, 4.69) is 38.4 Å². The van der Waals surface area contributed by atoms with Crippen molar-refractivity contribution in [1.29, 1.82) is 0 Å². The summed E-state index contributed by atoms with van der Waals surface area (Å²) >= 11 is 12.3. The van der Waals surface area contributed by atoms with Crippen molar-refractivity contribution in [2.24, 2.45) is 0 Å². The van der Waals surface area contributed by atoms with Crippen molar-refractivity contribution in [3.8, 4) is 0 Å². The van der Waals surface area contributed by atoms with Gasteiger partial charge in [-0.05, 0) is 24.6 Å². The van der Waals surface area contributed by atoms with E-state index < -0.39 is 0 Å². The number of hydrogen-bond donors (Lipinski definition) is 0. The molecule has 0 saturated carbocycles. The molecule has 1 aliphatic rings. The minimum Gasteiger partial charge on any atom is -0.353 e. The zero-order valence-electron chi connectivity index (χ0n) is 15.8. The lowest BCUT2D eigenvalue weighted by Gasteiger charge is -2.35. The van der Waals surface area contributed by atoms with Gasteiger partial charge in [0, 0.05) is 42.8 Å². The normalized spacial score (nSPS) is 15.3. The van der Waals surface area contributed by atoms with E-state index in [-0.39, 0.29) is 0 Å². The molecule has 1 aliphatic heterocycles. The summed E-state index contributed by atoms with van der Waals surface area (Å²) in [4.78, 5) is 13.7. The molecule has 0 unspecified atom stereocenters. The molecule has 1 fully saturated rings. The highest BCUT2D eigenvalue weighted by Crippen LogP contribution is 2.26. The molecular formula is C20H22Cl2N6. The quantitative estimate of drug-likeness (QED) is 0.590. The molecule has 28 heavy (non-hydrogen) atoms. The van der Waals surface area contributed by atoms with Crippen molar-refractivity contribution in [2.45, 2.75) is 13.5 Å². The molecule has 1 aromatic carbocycles. The molecule has 3 aromatic rings. The molecule has 0 bridgehead atoms. The number of nitrogens with zero attached hydrogens (tertiary/aromatic N) is 6. The van der Waals surface area contributed by atoms with Gasteiger partial charge in [-0.2, -0.15) is 5.10 Å². The summed E-state index contributed by atoms with van der Waals surface area (Å²) in [6, 6.07) is 5.50. The van der Waals surface area contributed by atoms with Gasteiger partial charge in [0.25, 0.3) is 0 Å². The maximum absolute atomic E-state index is 6.32. The molecule has 1 saturated heterocycles. The van der Waals surface area contributed by atoms with Crippen LogP contribution in [0.5, 0.6) is 0 Å². The average Bonchev–Trinajstić information content (AvgIpc) is 3.07. The summed E-state index contributed by atoms with van der Waals surface area (Å²) in [5.41, 5.74) is 2.95. The Morgan fingerprint density at radius 3 is 2.64 bits per heavy atom. The minimum atomic E-state index is 0.530. The van der Waals surface area contributed by atoms with E-state index in [1.165, 1.54) is 5.57 Å². The van der Waals surface area contributed by atoms with Crippen LogP contribution in [0.4, 0.5) is 5.82 Å². The fourth-order valence-electron chi connectivity index (χ4n) is 3.56. The van der Waals surface area contributed by atoms with Crippen LogP contribution in [0, 0.1) is 0 Å². The number of aromatic nitrogens is 4. The molecule has 6 nitrogen and oxygen atoms in total. The maximum atomic E-state index is 6.32. The standard InChI is InChI=1S/C20H22Cl2N6/c1-14(2)11-26-5-7-27(8-6-26)19-17-10-25-28(20(17)24-13-23-19)12-15-3-4-16(21)9-18(15)22/h3-4,9-10,13H,1,5-8,11-12H2,2H3. The molecule has 0 N–H and O–H groups in total. The van der Waals surface area contributed by atoms with Crippen LogP contribution in [-0.2, 0) is 6.54 Å². The lowest BCUT2D eigenvalue weighted by Crippen LogP contribution is -2.47. The summed E-state index contributed by atoms with van der Waals surface area (Å²) < 4.78 is 1.85. The second kappa shape index (κ2) is 8.07. The fourth-order valence-corrected chi connectivity index (χ4v) is 4.03. The van der Waals surface area contributed by atoms with Crippen LogP contribution < -0.4 is 4.90 Å². The molecule has 146 valence electrons. The van der Waals surface area contributed by atoms with Gasteiger partial charge in [0.2, 0.25) is 0 Å². The molecule has 0 aliphatic carbocycles. The van der Waals surface area contributed by atoms with E-state index in [9.17, 15) is 0 Å². The minimum absolute atomic E-state index is 0.530. The smallest absolute Gasteiger partial charge is 0.163 e. The van der Waals surface area contributed by atoms with Crippen molar-refractivity contribution < 1.29 is 0 Å². The molecule has 0 amide bonds. The van der Waals surface area contributed by atoms with E-state index in [1.807, 2.05) is 23.0 Å². The predicted molar refractivity (Wildman–Crippen MR) is 114 cm³/mol. The van der Waals surface area contributed by atoms with Crippen LogP contribution in [0.3, 0.4) is 0 Å². The number of hydrogen-bond acceptors (Lipinski definition) is 5. The van der Waals surface area contributed by atoms with Crippen LogP contribution in [0.1, 0.15) is 12.5 Å². The SMILES string of the molecule is C=C(C)CN1CCN(c2ncnc3c2cnn3Cc2ccc(Cl)cc2Cl)CC1. The first-order chi connectivity index (χ1) is 13.5. The van der Waals surface area contributed by atoms with E-state index in [1.54, 1.807) is 12.4 Å². The van der Waals surface area contributed by atoms with Crippen molar-refractivity contribution in [2.75, 3.05) is 37.6 Å². The number of halogens is 2. The molecular weight excluding hydrogens is 395 g/mol. The molecule has 4 rings (SSSR count). The Morgan fingerprint density at radius 1 is 1.14 bits per heavy atom. The summed E-state index contributed by atoms with van der Waals surface area (Å²) in [5.74, 6) is 0.938. The molecule has 3 heterocycles. The molecule has 2 aromatic heterocycles. The van der Waals surface area contributed by atoms with Crippen LogP contribution >= 0.6 is 23.2 Å². The second-order valence-corrected chi connectivity index (χ2v) is 8.04. The zero-order valence-corrected chi connectivity index (χ0v) is 17.3. The number of fused-ring (bicyclic) bond motifs is 1. The lowest BCUT2D eigenvalue weighted by molar-refractivity contribution is 0.278. The highest BCUT2D eigenvalue weighted by molar-refractivity contribution is 6.35. The van der Waals surface area contributed by atoms with Gasteiger partial charge in [-0.15, -0.1) is 0 Å². The van der Waals surface area contributed by atoms with Crippen molar-refractivity contribution in [3.05, 3.63) is 58.5 Å². The monoisotopic (exact) mass is 416 g/mol. The molecule has 0 atom stereocenters. The van der Waals surface area contributed by atoms with Gasteiger partial charge in [-0.3, -0.25) is 4.90 Å². The number of anilines is 1. The summed E-state index contributed by atoms with van der Waals surface area (Å²) in [6.07, 6.45) is 3.45. The number of rotatable bonds is 5. The highest BCUT2D eigenvalue weighted by Gasteiger charge is 2.21. The van der Waals surface area contributed by atoms with Crippen LogP contribution in [-0.4, -0.2) is 57.4 Å². The van der Waals surface area contributed by atoms with Gasteiger partial charge in [0.05, 0.1) is 18.1 Å². The average molecular weight is 417 g/mol. The van der Waals surface area contributed by atoms with Gasteiger partial charge in [-0.1, -0.05) is 41.4 Å². The first-order valence-electron chi connectivity index (χ1n) is 9.23.